The molecule has 0 radical (unpaired) electrons. The van der Waals surface area contributed by atoms with E-state index in [-0.39, 0.29) is 0 Å². The zero-order valence-corrected chi connectivity index (χ0v) is 19.5. The highest BCUT2D eigenvalue weighted by Crippen LogP contribution is 2.27. The first kappa shape index (κ1) is 23.0. The number of likely N-dealkylation sites (N-methyl/N-ethyl adjacent to an activating group) is 1. The van der Waals surface area contributed by atoms with Gasteiger partial charge in [0.25, 0.3) is 0 Å². The number of aliphatic hydroxyl groups is 1. The molecule has 174 valence electrons. The Balaban J connectivity index is 1.25. The van der Waals surface area contributed by atoms with E-state index in [1.165, 1.54) is 37.9 Å². The predicted octanol–water partition coefficient (Wildman–Crippen LogP) is 2.72. The number of β-amino-alcohol motifs (C(OH)–C–C–N with tert-alkyl or cyclic N) is 1. The summed E-state index contributed by atoms with van der Waals surface area (Å²) in [6.45, 7) is 8.89. The Morgan fingerprint density at radius 3 is 2.78 bits per heavy atom. The van der Waals surface area contributed by atoms with Gasteiger partial charge in [-0.05, 0) is 64.0 Å². The molecule has 0 saturated carbocycles. The number of benzene rings is 1. The zero-order valence-electron chi connectivity index (χ0n) is 19.5. The minimum atomic E-state index is -0.740. The van der Waals surface area contributed by atoms with Gasteiger partial charge in [-0.1, -0.05) is 18.6 Å². The molecule has 2 aliphatic heterocycles. The quantitative estimate of drug-likeness (QED) is 0.644. The van der Waals surface area contributed by atoms with Gasteiger partial charge < -0.3 is 14.7 Å². The molecule has 32 heavy (non-hydrogen) atoms. The normalized spacial score (nSPS) is 21.9. The smallest absolute Gasteiger partial charge is 0.132 e. The molecule has 2 fully saturated rings. The lowest BCUT2D eigenvalue weighted by atomic mass is 10.0. The van der Waals surface area contributed by atoms with Crippen molar-refractivity contribution in [1.29, 1.82) is 0 Å². The van der Waals surface area contributed by atoms with Crippen LogP contribution in [0.3, 0.4) is 0 Å². The lowest BCUT2D eigenvalue weighted by Gasteiger charge is -2.29. The predicted molar refractivity (Wildman–Crippen MR) is 127 cm³/mol. The number of aromatic nitrogens is 2. The fraction of sp³-hybridized carbons (Fsp3) is 0.600. The van der Waals surface area contributed by atoms with E-state index in [9.17, 15) is 5.11 Å². The lowest BCUT2D eigenvalue weighted by molar-refractivity contribution is 0.0279. The molecule has 3 heterocycles. The molecule has 0 amide bonds. The highest BCUT2D eigenvalue weighted by atomic mass is 16.5. The minimum Gasteiger partial charge on any atom is -0.492 e. The Labute approximate surface area is 192 Å². The average molecular weight is 440 g/mol. The van der Waals surface area contributed by atoms with Crippen LogP contribution in [-0.2, 0) is 6.54 Å². The molecule has 1 aromatic heterocycles. The van der Waals surface area contributed by atoms with Crippen LogP contribution >= 0.6 is 0 Å². The minimum absolute atomic E-state index is 0.591. The van der Waals surface area contributed by atoms with Crippen molar-refractivity contribution in [3.63, 3.8) is 0 Å². The van der Waals surface area contributed by atoms with Crippen LogP contribution in [0, 0.1) is 6.92 Å². The first-order valence-corrected chi connectivity index (χ1v) is 11.9. The molecule has 0 aliphatic carbocycles. The van der Waals surface area contributed by atoms with E-state index in [1.54, 1.807) is 6.33 Å². The van der Waals surface area contributed by atoms with Crippen LogP contribution < -0.4 is 9.64 Å². The molecule has 2 aromatic rings. The molecular weight excluding hydrogens is 402 g/mol. The van der Waals surface area contributed by atoms with Crippen LogP contribution in [0.15, 0.2) is 36.7 Å². The Hall–Kier alpha value is -2.22. The summed E-state index contributed by atoms with van der Waals surface area (Å²) in [6, 6.07) is 10.3. The molecule has 7 nitrogen and oxygen atoms in total. The van der Waals surface area contributed by atoms with Crippen molar-refractivity contribution in [3.8, 4) is 5.75 Å². The number of piperidine rings is 1. The van der Waals surface area contributed by atoms with Crippen molar-refractivity contribution in [2.45, 2.75) is 44.8 Å². The van der Waals surface area contributed by atoms with Gasteiger partial charge in [0.05, 0.1) is 5.60 Å². The molecule has 1 aromatic carbocycles. The standard InChI is InChI=1S/C25H37N5O2/c1-21-15-24(27-20-26-21)30-12-9-25(31,19-30)18-28(2)17-22-7-6-8-23(16-22)32-14-13-29-10-4-3-5-11-29/h6-8,15-16,20,31H,3-5,9-14,17-19H2,1-2H3. The molecule has 1 N–H and O–H groups in total. The van der Waals surface area contributed by atoms with Crippen LogP contribution in [0.25, 0.3) is 0 Å². The summed E-state index contributed by atoms with van der Waals surface area (Å²) in [7, 11) is 2.07. The zero-order chi connectivity index (χ0) is 22.4. The van der Waals surface area contributed by atoms with Crippen molar-refractivity contribution in [3.05, 3.63) is 47.9 Å². The van der Waals surface area contributed by atoms with Crippen molar-refractivity contribution >= 4 is 5.82 Å². The van der Waals surface area contributed by atoms with Crippen LogP contribution in [0.1, 0.15) is 36.9 Å². The molecule has 0 spiro atoms. The maximum atomic E-state index is 11.2. The van der Waals surface area contributed by atoms with E-state index in [2.05, 4.69) is 49.9 Å². The summed E-state index contributed by atoms with van der Waals surface area (Å²) in [6.07, 6.45) is 6.31. The third-order valence-electron chi connectivity index (χ3n) is 6.49. The maximum absolute atomic E-state index is 11.2. The lowest BCUT2D eigenvalue weighted by Crippen LogP contribution is -2.43. The van der Waals surface area contributed by atoms with Gasteiger partial charge in [-0.2, -0.15) is 0 Å². The highest BCUT2D eigenvalue weighted by molar-refractivity contribution is 5.41. The Bertz CT molecular complexity index is 873. The number of nitrogens with zero attached hydrogens (tertiary/aromatic N) is 5. The Morgan fingerprint density at radius 2 is 1.97 bits per heavy atom. The van der Waals surface area contributed by atoms with Gasteiger partial charge in [0.2, 0.25) is 0 Å². The van der Waals surface area contributed by atoms with E-state index in [1.807, 2.05) is 19.1 Å². The van der Waals surface area contributed by atoms with Gasteiger partial charge >= 0.3 is 0 Å². The van der Waals surface area contributed by atoms with E-state index < -0.39 is 5.60 Å². The molecule has 2 aliphatic rings. The van der Waals surface area contributed by atoms with Crippen molar-refractivity contribution in [2.24, 2.45) is 0 Å². The second-order valence-corrected chi connectivity index (χ2v) is 9.48. The summed E-state index contributed by atoms with van der Waals surface area (Å²) in [5.41, 5.74) is 1.41. The largest absolute Gasteiger partial charge is 0.492 e. The summed E-state index contributed by atoms with van der Waals surface area (Å²) in [4.78, 5) is 15.4. The first-order valence-electron chi connectivity index (χ1n) is 11.9. The van der Waals surface area contributed by atoms with E-state index in [0.29, 0.717) is 13.1 Å². The first-order chi connectivity index (χ1) is 15.5. The molecule has 2 saturated heterocycles. The SMILES string of the molecule is Cc1cc(N2CCC(O)(CN(C)Cc3cccc(OCCN4CCCCC4)c3)C2)ncn1. The number of likely N-dealkylation sites (tertiary alicyclic amines) is 1. The topological polar surface area (TPSA) is 65.0 Å². The second-order valence-electron chi connectivity index (χ2n) is 9.48. The Kier molecular flexibility index (Phi) is 7.60. The monoisotopic (exact) mass is 439 g/mol. The third kappa shape index (κ3) is 6.40. The molecule has 1 atom stereocenters. The van der Waals surface area contributed by atoms with Gasteiger partial charge in [0.1, 0.15) is 24.5 Å². The fourth-order valence-electron chi connectivity index (χ4n) is 4.87. The fourth-order valence-corrected chi connectivity index (χ4v) is 4.87. The van der Waals surface area contributed by atoms with E-state index >= 15 is 0 Å². The number of aryl methyl sites for hydroxylation is 1. The van der Waals surface area contributed by atoms with Gasteiger partial charge in [-0.25, -0.2) is 9.97 Å². The molecular formula is C25H37N5O2. The highest BCUT2D eigenvalue weighted by Gasteiger charge is 2.37. The number of hydrogen-bond acceptors (Lipinski definition) is 7. The summed E-state index contributed by atoms with van der Waals surface area (Å²) < 4.78 is 6.03. The van der Waals surface area contributed by atoms with Gasteiger partial charge in [-0.15, -0.1) is 0 Å². The molecule has 0 bridgehead atoms. The Morgan fingerprint density at radius 1 is 1.12 bits per heavy atom. The van der Waals surface area contributed by atoms with Gasteiger partial charge in [-0.3, -0.25) is 9.80 Å². The summed E-state index contributed by atoms with van der Waals surface area (Å²) >= 11 is 0. The number of anilines is 1. The van der Waals surface area contributed by atoms with Crippen molar-refractivity contribution in [2.75, 3.05) is 57.8 Å². The van der Waals surface area contributed by atoms with Crippen LogP contribution in [0.4, 0.5) is 5.82 Å². The van der Waals surface area contributed by atoms with Crippen LogP contribution in [0.2, 0.25) is 0 Å². The van der Waals surface area contributed by atoms with Gasteiger partial charge in [0.15, 0.2) is 0 Å². The van der Waals surface area contributed by atoms with Crippen molar-refractivity contribution in [1.82, 2.24) is 19.8 Å². The second kappa shape index (κ2) is 10.6. The third-order valence-corrected chi connectivity index (χ3v) is 6.49. The number of rotatable bonds is 9. The van der Waals surface area contributed by atoms with Crippen molar-refractivity contribution < 1.29 is 9.84 Å². The van der Waals surface area contributed by atoms with Crippen LogP contribution in [-0.4, -0.2) is 83.4 Å². The average Bonchev–Trinajstić information content (AvgIpc) is 3.16. The van der Waals surface area contributed by atoms with Crippen LogP contribution in [0.5, 0.6) is 5.75 Å². The molecule has 1 unspecified atom stereocenters. The summed E-state index contributed by atoms with van der Waals surface area (Å²) in [5, 5.41) is 11.2. The van der Waals surface area contributed by atoms with E-state index in [4.69, 9.17) is 4.74 Å². The van der Waals surface area contributed by atoms with Gasteiger partial charge in [0, 0.05) is 44.5 Å². The molecule has 4 rings (SSSR count). The van der Waals surface area contributed by atoms with E-state index in [0.717, 1.165) is 49.9 Å². The maximum Gasteiger partial charge on any atom is 0.132 e. The number of ether oxygens (including phenoxy) is 1. The summed E-state index contributed by atoms with van der Waals surface area (Å²) in [5.74, 6) is 1.82. The number of hydrogen-bond donors (Lipinski definition) is 1. The molecule has 7 heteroatoms.